The Morgan fingerprint density at radius 2 is 0.983 bits per heavy atom. The number of amides is 2. The van der Waals surface area contributed by atoms with Gasteiger partial charge in [0.15, 0.2) is 31.5 Å². The Kier molecular flexibility index (Phi) is 16.9. The molecule has 348 valence electrons. The fraction of sp³-hybridized carbons (Fsp3) is 0.941. The van der Waals surface area contributed by atoms with Gasteiger partial charge in [0.25, 0.3) is 0 Å². The third-order valence-corrected chi connectivity index (χ3v) is 11.0. The number of nitrogens with one attached hydrogen (secondary N) is 2. The minimum Gasteiger partial charge on any atom is -0.394 e. The highest BCUT2D eigenvalue weighted by atomic mass is 16.8. The Morgan fingerprint density at radius 1 is 0.517 bits per heavy atom. The summed E-state index contributed by atoms with van der Waals surface area (Å²) in [6.07, 6.45) is -39.3. The minimum atomic E-state index is -1.99. The molecule has 0 spiro atoms. The molecular weight excluding hydrogens is 820 g/mol. The maximum atomic E-state index is 12.7. The van der Waals surface area contributed by atoms with Crippen molar-refractivity contribution in [1.29, 1.82) is 0 Å². The molecule has 0 saturated carbocycles. The summed E-state index contributed by atoms with van der Waals surface area (Å²) in [6.45, 7) is 2.18. The SMILES string of the molecule is CC(=O)N[C@@H]1[C@H](O[C@H]2[C@H](O)[C@@H](CO)O[C@@H](O[C@H]3[C@H](O[C@H]4[C@@H](O)[C@@H](CO)OC(O)[C@@H]4O)O[C@@H]([C@H](O)CO)[C@@H]3O)[C@@H]2NC(C)=O)O[C@@H](C)[C@@H](O)[C@H]1O[C@H]1O[C@H](C)[C@@H](O)[C@H](O)[C@@H]1O. The molecular formula is C34H58N2O24. The van der Waals surface area contributed by atoms with Crippen LogP contribution in [0.1, 0.15) is 27.7 Å². The molecule has 1 unspecified atom stereocenters. The summed E-state index contributed by atoms with van der Waals surface area (Å²) < 4.78 is 52.0. The van der Waals surface area contributed by atoms with Gasteiger partial charge < -0.3 is 120 Å². The van der Waals surface area contributed by atoms with E-state index in [9.17, 15) is 76.0 Å². The molecule has 5 rings (SSSR count). The maximum absolute atomic E-state index is 12.7. The van der Waals surface area contributed by atoms with E-state index in [0.29, 0.717) is 0 Å². The molecule has 5 heterocycles. The van der Waals surface area contributed by atoms with Gasteiger partial charge in [-0.15, -0.1) is 0 Å². The quantitative estimate of drug-likeness (QED) is 0.0770. The summed E-state index contributed by atoms with van der Waals surface area (Å²) in [5, 5.41) is 142. The number of hydrogen-bond donors (Lipinski definition) is 15. The zero-order valence-electron chi connectivity index (χ0n) is 32.9. The summed E-state index contributed by atoms with van der Waals surface area (Å²) in [7, 11) is 0. The van der Waals surface area contributed by atoms with Gasteiger partial charge in [-0.05, 0) is 13.8 Å². The average molecular weight is 879 g/mol. The molecule has 60 heavy (non-hydrogen) atoms. The number of aliphatic hydroxyl groups excluding tert-OH is 13. The fourth-order valence-electron chi connectivity index (χ4n) is 7.72. The van der Waals surface area contributed by atoms with Crippen LogP contribution in [0.25, 0.3) is 0 Å². The van der Waals surface area contributed by atoms with Crippen LogP contribution in [0.4, 0.5) is 0 Å². The van der Waals surface area contributed by atoms with E-state index < -0.39 is 185 Å². The highest BCUT2D eigenvalue weighted by Crippen LogP contribution is 2.37. The average Bonchev–Trinajstić information content (AvgIpc) is 3.50. The van der Waals surface area contributed by atoms with Crippen molar-refractivity contribution in [2.45, 2.75) is 181 Å². The predicted molar refractivity (Wildman–Crippen MR) is 187 cm³/mol. The van der Waals surface area contributed by atoms with E-state index in [1.165, 1.54) is 13.8 Å². The highest BCUT2D eigenvalue weighted by molar-refractivity contribution is 5.73. The van der Waals surface area contributed by atoms with E-state index in [1.54, 1.807) is 0 Å². The van der Waals surface area contributed by atoms with Crippen LogP contribution in [0.3, 0.4) is 0 Å². The predicted octanol–water partition coefficient (Wildman–Crippen LogP) is -9.58. The second-order valence-corrected chi connectivity index (χ2v) is 15.4. The van der Waals surface area contributed by atoms with Crippen molar-refractivity contribution in [3.8, 4) is 0 Å². The Morgan fingerprint density at radius 3 is 1.55 bits per heavy atom. The molecule has 0 aromatic carbocycles. The number of hydrogen-bond acceptors (Lipinski definition) is 24. The van der Waals surface area contributed by atoms with Crippen molar-refractivity contribution in [3.63, 3.8) is 0 Å². The van der Waals surface area contributed by atoms with Crippen LogP contribution in [-0.2, 0) is 52.2 Å². The Labute approximate surface area is 342 Å². The van der Waals surface area contributed by atoms with E-state index in [2.05, 4.69) is 10.6 Å². The molecule has 5 fully saturated rings. The first-order valence-corrected chi connectivity index (χ1v) is 19.3. The number of carbonyl (C=O) groups excluding carboxylic acids is 2. The number of aliphatic hydroxyl groups is 13. The van der Waals surface area contributed by atoms with Gasteiger partial charge >= 0.3 is 0 Å². The minimum absolute atomic E-state index is 0.722. The summed E-state index contributed by atoms with van der Waals surface area (Å²) in [6, 6.07) is -3.18. The van der Waals surface area contributed by atoms with E-state index in [4.69, 9.17) is 42.6 Å². The summed E-state index contributed by atoms with van der Waals surface area (Å²) in [5.74, 6) is -1.51. The van der Waals surface area contributed by atoms with E-state index >= 15 is 0 Å². The first kappa shape index (κ1) is 49.1. The second-order valence-electron chi connectivity index (χ2n) is 15.4. The fourth-order valence-corrected chi connectivity index (χ4v) is 7.72. The van der Waals surface area contributed by atoms with Crippen LogP contribution in [0.15, 0.2) is 0 Å². The first-order valence-electron chi connectivity index (χ1n) is 19.3. The number of carbonyl (C=O) groups is 2. The summed E-state index contributed by atoms with van der Waals surface area (Å²) in [5.41, 5.74) is 0. The van der Waals surface area contributed by atoms with Crippen molar-refractivity contribution < 1.29 is 119 Å². The van der Waals surface area contributed by atoms with Gasteiger partial charge in [-0.25, -0.2) is 0 Å². The topological polar surface area (TPSA) is 404 Å². The lowest BCUT2D eigenvalue weighted by Gasteiger charge is -2.50. The molecule has 0 aromatic heterocycles. The van der Waals surface area contributed by atoms with Crippen LogP contribution < -0.4 is 10.6 Å². The van der Waals surface area contributed by atoms with Crippen LogP contribution in [0.5, 0.6) is 0 Å². The third-order valence-electron chi connectivity index (χ3n) is 11.0. The second kappa shape index (κ2) is 20.7. The van der Waals surface area contributed by atoms with Gasteiger partial charge in [-0.1, -0.05) is 0 Å². The Bertz CT molecular complexity index is 1410. The molecule has 15 N–H and O–H groups in total. The van der Waals surface area contributed by atoms with E-state index in [1.807, 2.05) is 0 Å². The molecule has 5 aliphatic heterocycles. The normalized spacial score (nSPS) is 49.3. The molecule has 5 aliphatic rings. The lowest BCUT2D eigenvalue weighted by molar-refractivity contribution is -0.359. The standard InChI is InChI=1S/C34H58N2O24/c1-8-17(43)21(47)22(48)33(53-8)58-26-15(35-10(3)40)31(52-9(2)18(26)44)57-27-16(36-11(4)41)32(55-14(7-39)19(27)45)60-29-23(49)25(12(42)5-37)56-34(29)59-28-20(46)13(6-38)54-30(51)24(28)50/h8-9,12-34,37-39,42-51H,5-7H2,1-4H3,(H,35,40)(H,36,41)/t8-,9+,12-,13-,14-,15+,16-,17-,18-,19-,20+,21+,22+,23+,24-,25+,26+,27-,28+,29-,30?,31+,32+,33-,34+/m1/s1. The van der Waals surface area contributed by atoms with Crippen LogP contribution in [0.2, 0.25) is 0 Å². The van der Waals surface area contributed by atoms with E-state index in [0.717, 1.165) is 13.8 Å². The zero-order chi connectivity index (χ0) is 44.5. The van der Waals surface area contributed by atoms with Gasteiger partial charge in [0.1, 0.15) is 110 Å². The maximum Gasteiger partial charge on any atom is 0.217 e. The molecule has 2 amide bonds. The lowest BCUT2D eigenvalue weighted by Crippen LogP contribution is -2.70. The molecule has 0 aromatic rings. The van der Waals surface area contributed by atoms with Crippen molar-refractivity contribution in [2.24, 2.45) is 0 Å². The van der Waals surface area contributed by atoms with Gasteiger partial charge in [0.2, 0.25) is 11.8 Å². The molecule has 26 nitrogen and oxygen atoms in total. The highest BCUT2D eigenvalue weighted by Gasteiger charge is 2.58. The van der Waals surface area contributed by atoms with Crippen LogP contribution in [0, 0.1) is 0 Å². The largest absolute Gasteiger partial charge is 0.394 e. The summed E-state index contributed by atoms with van der Waals surface area (Å²) in [4.78, 5) is 25.3. The first-order chi connectivity index (χ1) is 28.2. The Hall–Kier alpha value is -1.94. The van der Waals surface area contributed by atoms with Gasteiger partial charge in [0, 0.05) is 13.8 Å². The molecule has 5 saturated heterocycles. The van der Waals surface area contributed by atoms with Crippen molar-refractivity contribution in [1.82, 2.24) is 10.6 Å². The molecule has 0 bridgehead atoms. The number of rotatable bonds is 14. The van der Waals surface area contributed by atoms with Crippen molar-refractivity contribution in [3.05, 3.63) is 0 Å². The lowest BCUT2D eigenvalue weighted by atomic mass is 9.94. The smallest absolute Gasteiger partial charge is 0.217 e. The van der Waals surface area contributed by atoms with Gasteiger partial charge in [0.05, 0.1) is 32.0 Å². The Balaban J connectivity index is 1.47. The van der Waals surface area contributed by atoms with Crippen molar-refractivity contribution >= 4 is 11.8 Å². The molecule has 0 radical (unpaired) electrons. The van der Waals surface area contributed by atoms with E-state index in [-0.39, 0.29) is 0 Å². The molecule has 26 heteroatoms. The zero-order valence-corrected chi connectivity index (χ0v) is 32.9. The number of ether oxygens (including phenoxy) is 9. The van der Waals surface area contributed by atoms with Crippen LogP contribution >= 0.6 is 0 Å². The van der Waals surface area contributed by atoms with Crippen LogP contribution in [-0.4, -0.2) is 251 Å². The molecule has 0 aliphatic carbocycles. The molecule has 25 atom stereocenters. The van der Waals surface area contributed by atoms with Crippen molar-refractivity contribution in [2.75, 3.05) is 19.8 Å². The van der Waals surface area contributed by atoms with Gasteiger partial charge in [-0.2, -0.15) is 0 Å². The monoisotopic (exact) mass is 878 g/mol. The third kappa shape index (κ3) is 10.4. The van der Waals surface area contributed by atoms with Gasteiger partial charge in [-0.3, -0.25) is 9.59 Å². The summed E-state index contributed by atoms with van der Waals surface area (Å²) >= 11 is 0.